The molecule has 0 heterocycles. The van der Waals surface area contributed by atoms with E-state index in [1.54, 1.807) is 6.07 Å². The molecule has 6 nitrogen and oxygen atoms in total. The van der Waals surface area contributed by atoms with Crippen LogP contribution in [0.5, 0.6) is 11.5 Å². The number of benzene rings is 2. The minimum Gasteiger partial charge on any atom is -0.483 e. The van der Waals surface area contributed by atoms with Gasteiger partial charge in [-0.25, -0.2) is 0 Å². The molecule has 0 fully saturated rings. The zero-order valence-electron chi connectivity index (χ0n) is 14.3. The molecule has 26 heavy (non-hydrogen) atoms. The Kier molecular flexibility index (Phi) is 7.47. The Morgan fingerprint density at radius 2 is 1.54 bits per heavy atom. The molecule has 0 saturated heterocycles. The molecule has 0 radical (unpaired) electrons. The third-order valence-electron chi connectivity index (χ3n) is 3.34. The van der Waals surface area contributed by atoms with E-state index in [1.165, 1.54) is 0 Å². The zero-order valence-corrected chi connectivity index (χ0v) is 17.4. The molecule has 0 aromatic heterocycles. The standard InChI is InChI=1S/C18H18Br2N2O4/c1-11-5-3-4-6-15(11)25-9-16(23)21-22-17(24)10-26-18-12(2)7-13(19)8-14(18)20/h3-8H,9-10H2,1-2H3,(H,21,23)(H,22,24). The van der Waals surface area contributed by atoms with E-state index < -0.39 is 11.8 Å². The molecule has 138 valence electrons. The van der Waals surface area contributed by atoms with Crippen LogP contribution in [0.2, 0.25) is 0 Å². The van der Waals surface area contributed by atoms with Crippen molar-refractivity contribution in [2.45, 2.75) is 13.8 Å². The van der Waals surface area contributed by atoms with Gasteiger partial charge in [-0.2, -0.15) is 0 Å². The summed E-state index contributed by atoms with van der Waals surface area (Å²) in [5.74, 6) is 0.233. The van der Waals surface area contributed by atoms with Crippen LogP contribution in [-0.4, -0.2) is 25.0 Å². The SMILES string of the molecule is Cc1ccccc1OCC(=O)NNC(=O)COc1c(C)cc(Br)cc1Br. The van der Waals surface area contributed by atoms with Crippen molar-refractivity contribution in [3.63, 3.8) is 0 Å². The van der Waals surface area contributed by atoms with Crippen LogP contribution < -0.4 is 20.3 Å². The number of hydrogen-bond donors (Lipinski definition) is 2. The van der Waals surface area contributed by atoms with Crippen LogP contribution in [0.4, 0.5) is 0 Å². The van der Waals surface area contributed by atoms with E-state index in [1.807, 2.05) is 44.2 Å². The van der Waals surface area contributed by atoms with Crippen molar-refractivity contribution < 1.29 is 19.1 Å². The lowest BCUT2D eigenvalue weighted by Gasteiger charge is -2.13. The number of hydrazine groups is 1. The Hall–Kier alpha value is -2.06. The first-order chi connectivity index (χ1) is 12.4. The Morgan fingerprint density at radius 3 is 2.15 bits per heavy atom. The molecule has 0 aliphatic carbocycles. The van der Waals surface area contributed by atoms with E-state index in [-0.39, 0.29) is 13.2 Å². The molecule has 2 rings (SSSR count). The molecule has 2 aromatic carbocycles. The van der Waals surface area contributed by atoms with Crippen LogP contribution in [-0.2, 0) is 9.59 Å². The number of amides is 2. The van der Waals surface area contributed by atoms with Crippen molar-refractivity contribution >= 4 is 43.7 Å². The summed E-state index contributed by atoms with van der Waals surface area (Å²) in [6.07, 6.45) is 0. The second-order valence-corrected chi connectivity index (χ2v) is 7.24. The number of carbonyl (C=O) groups is 2. The van der Waals surface area contributed by atoms with Crippen molar-refractivity contribution in [2.75, 3.05) is 13.2 Å². The van der Waals surface area contributed by atoms with Gasteiger partial charge in [0, 0.05) is 4.47 Å². The molecule has 0 atom stereocenters. The minimum atomic E-state index is -0.483. The molecule has 0 saturated carbocycles. The molecular weight excluding hydrogens is 468 g/mol. The van der Waals surface area contributed by atoms with Gasteiger partial charge in [-0.3, -0.25) is 20.4 Å². The topological polar surface area (TPSA) is 76.7 Å². The van der Waals surface area contributed by atoms with E-state index in [0.717, 1.165) is 20.1 Å². The minimum absolute atomic E-state index is 0.205. The Morgan fingerprint density at radius 1 is 0.923 bits per heavy atom. The van der Waals surface area contributed by atoms with Crippen LogP contribution in [0.15, 0.2) is 45.3 Å². The number of carbonyl (C=O) groups excluding carboxylic acids is 2. The molecule has 0 bridgehead atoms. The summed E-state index contributed by atoms with van der Waals surface area (Å²) in [5, 5.41) is 0. The molecule has 2 amide bonds. The average molecular weight is 486 g/mol. The van der Waals surface area contributed by atoms with Crippen LogP contribution in [0.1, 0.15) is 11.1 Å². The fraction of sp³-hybridized carbons (Fsp3) is 0.222. The van der Waals surface area contributed by atoms with Gasteiger partial charge in [0.05, 0.1) is 4.47 Å². The maximum atomic E-state index is 11.8. The first-order valence-electron chi connectivity index (χ1n) is 7.71. The van der Waals surface area contributed by atoms with Crippen molar-refractivity contribution in [2.24, 2.45) is 0 Å². The maximum absolute atomic E-state index is 11.8. The predicted octanol–water partition coefficient (Wildman–Crippen LogP) is 3.43. The number of hydrogen-bond acceptors (Lipinski definition) is 4. The molecule has 2 N–H and O–H groups in total. The van der Waals surface area contributed by atoms with Crippen molar-refractivity contribution in [1.82, 2.24) is 10.9 Å². The molecule has 0 aliphatic rings. The van der Waals surface area contributed by atoms with Crippen molar-refractivity contribution in [1.29, 1.82) is 0 Å². The summed E-state index contributed by atoms with van der Waals surface area (Å²) in [5.41, 5.74) is 6.36. The fourth-order valence-electron chi connectivity index (χ4n) is 2.08. The first-order valence-corrected chi connectivity index (χ1v) is 9.30. The van der Waals surface area contributed by atoms with E-state index in [2.05, 4.69) is 42.7 Å². The molecule has 0 unspecified atom stereocenters. The van der Waals surface area contributed by atoms with Gasteiger partial charge in [0.1, 0.15) is 11.5 Å². The van der Waals surface area contributed by atoms with Gasteiger partial charge in [0.25, 0.3) is 11.8 Å². The van der Waals surface area contributed by atoms with Gasteiger partial charge < -0.3 is 9.47 Å². The lowest BCUT2D eigenvalue weighted by Crippen LogP contribution is -2.45. The van der Waals surface area contributed by atoms with Gasteiger partial charge in [-0.1, -0.05) is 34.1 Å². The smallest absolute Gasteiger partial charge is 0.276 e. The zero-order chi connectivity index (χ0) is 19.1. The monoisotopic (exact) mass is 484 g/mol. The summed E-state index contributed by atoms with van der Waals surface area (Å²) < 4.78 is 12.5. The van der Waals surface area contributed by atoms with E-state index >= 15 is 0 Å². The summed E-state index contributed by atoms with van der Waals surface area (Å²) in [7, 11) is 0. The van der Waals surface area contributed by atoms with Crippen LogP contribution in [0, 0.1) is 13.8 Å². The lowest BCUT2D eigenvalue weighted by molar-refractivity contribution is -0.131. The van der Waals surface area contributed by atoms with Gasteiger partial charge in [0.15, 0.2) is 13.2 Å². The molecular formula is C18H18Br2N2O4. The van der Waals surface area contributed by atoms with Crippen molar-refractivity contribution in [3.05, 3.63) is 56.5 Å². The number of nitrogens with one attached hydrogen (secondary N) is 2. The lowest BCUT2D eigenvalue weighted by atomic mass is 10.2. The molecule has 2 aromatic rings. The molecule has 8 heteroatoms. The second-order valence-electron chi connectivity index (χ2n) is 5.47. The number of rotatable bonds is 6. The quantitative estimate of drug-likeness (QED) is 0.614. The van der Waals surface area contributed by atoms with Crippen molar-refractivity contribution in [3.8, 4) is 11.5 Å². The van der Waals surface area contributed by atoms with Gasteiger partial charge in [0.2, 0.25) is 0 Å². The predicted molar refractivity (Wildman–Crippen MR) is 105 cm³/mol. The molecule has 0 aliphatic heterocycles. The van der Waals surface area contributed by atoms with E-state index in [0.29, 0.717) is 11.5 Å². The highest BCUT2D eigenvalue weighted by atomic mass is 79.9. The highest BCUT2D eigenvalue weighted by Crippen LogP contribution is 2.32. The normalized spacial score (nSPS) is 10.2. The van der Waals surface area contributed by atoms with Gasteiger partial charge in [-0.15, -0.1) is 0 Å². The van der Waals surface area contributed by atoms with E-state index in [9.17, 15) is 9.59 Å². The number of para-hydroxylation sites is 1. The fourth-order valence-corrected chi connectivity index (χ4v) is 3.64. The maximum Gasteiger partial charge on any atom is 0.276 e. The number of aryl methyl sites for hydroxylation is 2. The Bertz CT molecular complexity index is 789. The van der Waals surface area contributed by atoms with E-state index in [4.69, 9.17) is 9.47 Å². The average Bonchev–Trinajstić information content (AvgIpc) is 2.58. The van der Waals surface area contributed by atoms with Crippen LogP contribution in [0.25, 0.3) is 0 Å². The third kappa shape index (κ3) is 6.03. The van der Waals surface area contributed by atoms with Crippen LogP contribution in [0.3, 0.4) is 0 Å². The number of halogens is 2. The largest absolute Gasteiger partial charge is 0.483 e. The Balaban J connectivity index is 1.75. The summed E-state index contributed by atoms with van der Waals surface area (Å²) in [6, 6.07) is 11.1. The van der Waals surface area contributed by atoms with Crippen LogP contribution >= 0.6 is 31.9 Å². The summed E-state index contributed by atoms with van der Waals surface area (Å²) in [4.78, 5) is 23.6. The van der Waals surface area contributed by atoms with Gasteiger partial charge in [-0.05, 0) is 59.1 Å². The Labute approximate surface area is 168 Å². The summed E-state index contributed by atoms with van der Waals surface area (Å²) in [6.45, 7) is 3.31. The second kappa shape index (κ2) is 9.59. The highest BCUT2D eigenvalue weighted by Gasteiger charge is 2.11. The summed E-state index contributed by atoms with van der Waals surface area (Å²) >= 11 is 6.77. The third-order valence-corrected chi connectivity index (χ3v) is 4.38. The van der Waals surface area contributed by atoms with Gasteiger partial charge >= 0.3 is 0 Å². The number of ether oxygens (including phenoxy) is 2. The molecule has 0 spiro atoms. The first kappa shape index (κ1) is 20.3. The highest BCUT2D eigenvalue weighted by molar-refractivity contribution is 9.11.